The zero-order chi connectivity index (χ0) is 22.9. The minimum atomic E-state index is -1.39. The van der Waals surface area contributed by atoms with Gasteiger partial charge in [0.25, 0.3) is 0 Å². The van der Waals surface area contributed by atoms with Crippen LogP contribution in [0.4, 0.5) is 0 Å². The second-order valence-corrected chi connectivity index (χ2v) is 13.2. The summed E-state index contributed by atoms with van der Waals surface area (Å²) in [4.78, 5) is 41.1. The summed E-state index contributed by atoms with van der Waals surface area (Å²) < 4.78 is 0.602. The number of hydrogen-bond acceptors (Lipinski definition) is 6. The molecule has 2 aliphatic heterocycles. The van der Waals surface area contributed by atoms with E-state index in [1.165, 1.54) is 35.3 Å². The average molecular weight is 712 g/mol. The van der Waals surface area contributed by atoms with Crippen LogP contribution in [0, 0.1) is 7.14 Å². The van der Waals surface area contributed by atoms with Crippen molar-refractivity contribution in [1.29, 1.82) is 0 Å². The summed E-state index contributed by atoms with van der Waals surface area (Å²) >= 11 is 8.40. The van der Waals surface area contributed by atoms with Gasteiger partial charge in [0.2, 0.25) is 11.8 Å². The fraction of sp³-hybridized carbons (Fsp3) is 0.286. The number of aliphatic carboxylic acids is 1. The van der Waals surface area contributed by atoms with E-state index in [-0.39, 0.29) is 29.5 Å². The quantitative estimate of drug-likeness (QED) is 0.251. The number of fused-ring (bicyclic) bond motifs is 1. The highest BCUT2D eigenvalue weighted by Gasteiger charge is 2.58. The summed E-state index contributed by atoms with van der Waals surface area (Å²) in [5, 5.41) is 12.6. The topological polar surface area (TPSA) is 86.7 Å². The molecule has 0 radical (unpaired) electrons. The lowest BCUT2D eigenvalue weighted by atomic mass is 10.0. The van der Waals surface area contributed by atoms with Crippen LogP contribution in [-0.2, 0) is 14.4 Å². The van der Waals surface area contributed by atoms with Crippen molar-refractivity contribution < 1.29 is 19.5 Å². The van der Waals surface area contributed by atoms with Crippen molar-refractivity contribution in [3.63, 3.8) is 0 Å². The Balaban J connectivity index is 1.56. The third-order valence-electron chi connectivity index (χ3n) is 5.12. The molecule has 2 unspecified atom stereocenters. The van der Waals surface area contributed by atoms with Crippen molar-refractivity contribution in [3.8, 4) is 0 Å². The van der Waals surface area contributed by atoms with Gasteiger partial charge in [0, 0.05) is 16.9 Å². The fourth-order valence-corrected chi connectivity index (χ4v) is 8.70. The number of benzene rings is 2. The molecule has 168 valence electrons. The Bertz CT molecular complexity index is 1070. The monoisotopic (exact) mass is 712 g/mol. The molecular formula is C21H18I2N2O4S3. The Kier molecular flexibility index (Phi) is 7.90. The summed E-state index contributed by atoms with van der Waals surface area (Å²) in [5.41, 5.74) is 0. The van der Waals surface area contributed by atoms with E-state index in [2.05, 4.69) is 50.5 Å². The number of β-lactam (4-membered cyclic amide) rings is 1. The number of thioether (sulfide) groups is 3. The van der Waals surface area contributed by atoms with Gasteiger partial charge in [0.05, 0.1) is 24.1 Å². The van der Waals surface area contributed by atoms with Gasteiger partial charge >= 0.3 is 5.97 Å². The zero-order valence-corrected chi connectivity index (χ0v) is 23.3. The Labute approximate surface area is 225 Å². The van der Waals surface area contributed by atoms with Crippen molar-refractivity contribution in [2.75, 3.05) is 12.3 Å². The second kappa shape index (κ2) is 10.3. The molecule has 0 aliphatic carbocycles. The number of carboxylic acid groups (broad SMARTS) is 1. The van der Waals surface area contributed by atoms with E-state index in [1.54, 1.807) is 4.90 Å². The lowest BCUT2D eigenvalue weighted by Gasteiger charge is -2.53. The summed E-state index contributed by atoms with van der Waals surface area (Å²) in [6, 6.07) is 15.4. The lowest BCUT2D eigenvalue weighted by molar-refractivity contribution is -0.147. The number of halogens is 2. The summed E-state index contributed by atoms with van der Waals surface area (Å²) in [6.07, 6.45) is 0.372. The first-order valence-electron chi connectivity index (χ1n) is 9.59. The van der Waals surface area contributed by atoms with Crippen molar-refractivity contribution in [1.82, 2.24) is 10.2 Å². The largest absolute Gasteiger partial charge is 0.480 e. The van der Waals surface area contributed by atoms with Crippen LogP contribution in [-0.4, -0.2) is 55.6 Å². The van der Waals surface area contributed by atoms with Gasteiger partial charge in [0.1, 0.15) is 5.37 Å². The molecule has 11 heteroatoms. The van der Waals surface area contributed by atoms with Gasteiger partial charge in [-0.15, -0.1) is 35.3 Å². The minimum absolute atomic E-state index is 0.0459. The van der Waals surface area contributed by atoms with E-state index < -0.39 is 16.1 Å². The first-order chi connectivity index (χ1) is 15.3. The summed E-state index contributed by atoms with van der Waals surface area (Å²) in [6.45, 7) is 0.0587. The number of carboxylic acids is 1. The van der Waals surface area contributed by atoms with Gasteiger partial charge < -0.3 is 15.3 Å². The van der Waals surface area contributed by atoms with E-state index in [1.807, 2.05) is 48.5 Å². The Morgan fingerprint density at radius 1 is 1.12 bits per heavy atom. The molecule has 2 aromatic carbocycles. The first-order valence-corrected chi connectivity index (χ1v) is 14.5. The molecule has 0 saturated carbocycles. The van der Waals surface area contributed by atoms with Crippen LogP contribution in [0.5, 0.6) is 0 Å². The standard InChI is InChI=1S/C21H18I2N2O4S3/c22-12-5-1-3-7-14(12)30-10-16(26)24-19-21(20(28)29,11-25-17(27)9-18(25)31-19)32-15-8-4-2-6-13(15)23/h1-8,18-19H,9-11H2,(H,24,26)(H,28,29)/t18-,19?,21?/m1/s1. The molecule has 32 heavy (non-hydrogen) atoms. The van der Waals surface area contributed by atoms with E-state index in [0.717, 1.165) is 16.9 Å². The molecule has 2 N–H and O–H groups in total. The highest BCUT2D eigenvalue weighted by Crippen LogP contribution is 2.50. The predicted octanol–water partition coefficient (Wildman–Crippen LogP) is 4.35. The van der Waals surface area contributed by atoms with Crippen LogP contribution in [0.25, 0.3) is 0 Å². The van der Waals surface area contributed by atoms with Crippen molar-refractivity contribution >= 4 is 98.3 Å². The van der Waals surface area contributed by atoms with Crippen molar-refractivity contribution in [2.45, 2.75) is 31.7 Å². The molecule has 0 aromatic heterocycles. The SMILES string of the molecule is O=C(CSc1ccccc1I)NC1S[C@@H]2CC(=O)N2CC1(Sc1ccccc1I)C(=O)O. The van der Waals surface area contributed by atoms with Crippen LogP contribution in [0.1, 0.15) is 6.42 Å². The van der Waals surface area contributed by atoms with Crippen LogP contribution in [0.2, 0.25) is 0 Å². The molecule has 6 nitrogen and oxygen atoms in total. The molecule has 2 aliphatic rings. The smallest absolute Gasteiger partial charge is 0.325 e. The molecular weight excluding hydrogens is 694 g/mol. The summed E-state index contributed by atoms with van der Waals surface area (Å²) in [7, 11) is 0. The maximum atomic E-state index is 12.9. The highest BCUT2D eigenvalue weighted by atomic mass is 127. The van der Waals surface area contributed by atoms with Crippen LogP contribution >= 0.6 is 80.5 Å². The molecule has 0 bridgehead atoms. The molecule has 2 heterocycles. The second-order valence-electron chi connectivity index (χ2n) is 7.21. The lowest BCUT2D eigenvalue weighted by Crippen LogP contribution is -2.69. The third kappa shape index (κ3) is 5.05. The number of carbonyl (C=O) groups is 3. The predicted molar refractivity (Wildman–Crippen MR) is 145 cm³/mol. The Morgan fingerprint density at radius 3 is 2.34 bits per heavy atom. The Morgan fingerprint density at radius 2 is 1.75 bits per heavy atom. The number of hydrogen-bond donors (Lipinski definition) is 2. The molecule has 3 atom stereocenters. The highest BCUT2D eigenvalue weighted by molar-refractivity contribution is 14.1. The van der Waals surface area contributed by atoms with Gasteiger partial charge in [-0.05, 0) is 69.4 Å². The van der Waals surface area contributed by atoms with Gasteiger partial charge in [0.15, 0.2) is 4.75 Å². The molecule has 2 amide bonds. The van der Waals surface area contributed by atoms with Crippen LogP contribution in [0.15, 0.2) is 58.3 Å². The van der Waals surface area contributed by atoms with Crippen molar-refractivity contribution in [3.05, 3.63) is 55.7 Å². The zero-order valence-electron chi connectivity index (χ0n) is 16.5. The molecule has 0 spiro atoms. The molecule has 2 fully saturated rings. The molecule has 2 aromatic rings. The summed E-state index contributed by atoms with van der Waals surface area (Å²) in [5.74, 6) is -1.12. The van der Waals surface area contributed by atoms with E-state index in [4.69, 9.17) is 0 Å². The molecule has 2 saturated heterocycles. The van der Waals surface area contributed by atoms with E-state index in [0.29, 0.717) is 6.42 Å². The average Bonchev–Trinajstić information content (AvgIpc) is 2.76. The maximum Gasteiger partial charge on any atom is 0.325 e. The Hall–Kier alpha value is -0.640. The van der Waals surface area contributed by atoms with E-state index in [9.17, 15) is 19.5 Å². The van der Waals surface area contributed by atoms with Crippen LogP contribution in [0.3, 0.4) is 0 Å². The minimum Gasteiger partial charge on any atom is -0.480 e. The third-order valence-corrected chi connectivity index (χ3v) is 12.0. The maximum absolute atomic E-state index is 12.9. The number of amides is 2. The van der Waals surface area contributed by atoms with Crippen LogP contribution < -0.4 is 5.32 Å². The van der Waals surface area contributed by atoms with Gasteiger partial charge in [-0.3, -0.25) is 14.4 Å². The fourth-order valence-electron chi connectivity index (χ4n) is 3.42. The number of nitrogens with zero attached hydrogens (tertiary/aromatic N) is 1. The number of nitrogens with one attached hydrogen (secondary N) is 1. The van der Waals surface area contributed by atoms with E-state index >= 15 is 0 Å². The normalized spacial score (nSPS) is 24.4. The van der Waals surface area contributed by atoms with Gasteiger partial charge in [-0.2, -0.15) is 0 Å². The molecule has 4 rings (SSSR count). The first kappa shape index (κ1) is 24.5. The number of rotatable bonds is 7. The number of carbonyl (C=O) groups excluding carboxylic acids is 2. The van der Waals surface area contributed by atoms with Gasteiger partial charge in [-0.25, -0.2) is 0 Å². The van der Waals surface area contributed by atoms with Gasteiger partial charge in [-0.1, -0.05) is 24.3 Å². The van der Waals surface area contributed by atoms with Crippen molar-refractivity contribution in [2.24, 2.45) is 0 Å².